The number of carbonyl (C=O) groups excluding carboxylic acids is 1. The van der Waals surface area contributed by atoms with Crippen molar-refractivity contribution < 1.29 is 14.3 Å². The van der Waals surface area contributed by atoms with Gasteiger partial charge in [-0.3, -0.25) is 0 Å². The molecule has 1 saturated carbocycles. The average Bonchev–Trinajstić information content (AvgIpc) is 2.10. The fraction of sp³-hybridized carbons (Fsp3) is 0.769. The smallest absolute Gasteiger partial charge is 0.407 e. The molecule has 1 fully saturated rings. The summed E-state index contributed by atoms with van der Waals surface area (Å²) in [4.78, 5) is 11.4. The van der Waals surface area contributed by atoms with Crippen molar-refractivity contribution in [3.63, 3.8) is 0 Å². The first-order valence-corrected chi connectivity index (χ1v) is 6.13. The number of allylic oxidation sites excluding steroid dienone is 1. The summed E-state index contributed by atoms with van der Waals surface area (Å²) in [7, 11) is 0. The molecule has 0 heterocycles. The van der Waals surface area contributed by atoms with Gasteiger partial charge in [0.05, 0.1) is 12.7 Å². The van der Waals surface area contributed by atoms with E-state index in [9.17, 15) is 4.79 Å². The number of nitrogens with one attached hydrogen (secondary N) is 1. The SMILES string of the molecule is CC=CCO[C@H]1C[C@@H](NC(=O)OC(C)(C)C)C1. The molecule has 17 heavy (non-hydrogen) atoms. The highest BCUT2D eigenvalue weighted by molar-refractivity contribution is 5.68. The molecule has 1 aliphatic carbocycles. The Hall–Kier alpha value is -1.03. The Labute approximate surface area is 103 Å². The summed E-state index contributed by atoms with van der Waals surface area (Å²) in [6.45, 7) is 8.19. The molecule has 0 spiro atoms. The lowest BCUT2D eigenvalue weighted by Gasteiger charge is -2.35. The second-order valence-corrected chi connectivity index (χ2v) is 5.34. The summed E-state index contributed by atoms with van der Waals surface area (Å²) < 4.78 is 10.7. The number of hydrogen-bond donors (Lipinski definition) is 1. The molecule has 0 radical (unpaired) electrons. The Balaban J connectivity index is 2.10. The van der Waals surface area contributed by atoms with Gasteiger partial charge in [-0.05, 0) is 40.5 Å². The first-order chi connectivity index (χ1) is 7.90. The number of carbonyl (C=O) groups is 1. The summed E-state index contributed by atoms with van der Waals surface area (Å²) in [6.07, 6.45) is 5.62. The Morgan fingerprint density at radius 1 is 1.41 bits per heavy atom. The molecule has 0 aromatic rings. The van der Waals surface area contributed by atoms with Gasteiger partial charge in [-0.2, -0.15) is 0 Å². The van der Waals surface area contributed by atoms with Crippen LogP contribution in [0.15, 0.2) is 12.2 Å². The zero-order chi connectivity index (χ0) is 12.9. The van der Waals surface area contributed by atoms with Crippen LogP contribution in [0.3, 0.4) is 0 Å². The van der Waals surface area contributed by atoms with Crippen LogP contribution in [0, 0.1) is 0 Å². The van der Waals surface area contributed by atoms with Gasteiger partial charge < -0.3 is 14.8 Å². The maximum atomic E-state index is 11.4. The molecule has 4 nitrogen and oxygen atoms in total. The fourth-order valence-electron chi connectivity index (χ4n) is 1.58. The van der Waals surface area contributed by atoms with Gasteiger partial charge in [0.15, 0.2) is 0 Å². The average molecular weight is 241 g/mol. The molecule has 0 aromatic carbocycles. The van der Waals surface area contributed by atoms with E-state index < -0.39 is 5.60 Å². The largest absolute Gasteiger partial charge is 0.444 e. The minimum atomic E-state index is -0.435. The van der Waals surface area contributed by atoms with Crippen molar-refractivity contribution >= 4 is 6.09 Å². The van der Waals surface area contributed by atoms with Gasteiger partial charge in [-0.25, -0.2) is 4.79 Å². The Morgan fingerprint density at radius 3 is 2.59 bits per heavy atom. The van der Waals surface area contributed by atoms with E-state index in [1.807, 2.05) is 39.8 Å². The minimum Gasteiger partial charge on any atom is -0.444 e. The van der Waals surface area contributed by atoms with E-state index in [1.165, 1.54) is 0 Å². The fourth-order valence-corrected chi connectivity index (χ4v) is 1.58. The zero-order valence-corrected chi connectivity index (χ0v) is 11.2. The molecular formula is C13H23NO3. The number of amides is 1. The number of ether oxygens (including phenoxy) is 2. The van der Waals surface area contributed by atoms with Crippen molar-refractivity contribution in [3.8, 4) is 0 Å². The van der Waals surface area contributed by atoms with Crippen LogP contribution in [0.2, 0.25) is 0 Å². The maximum Gasteiger partial charge on any atom is 0.407 e. The summed E-state index contributed by atoms with van der Waals surface area (Å²) in [5.41, 5.74) is -0.435. The minimum absolute atomic E-state index is 0.195. The summed E-state index contributed by atoms with van der Waals surface area (Å²) >= 11 is 0. The second kappa shape index (κ2) is 6.05. The van der Waals surface area contributed by atoms with Crippen LogP contribution in [0.1, 0.15) is 40.5 Å². The maximum absolute atomic E-state index is 11.4. The van der Waals surface area contributed by atoms with E-state index in [0.29, 0.717) is 6.61 Å². The predicted molar refractivity (Wildman–Crippen MR) is 66.9 cm³/mol. The van der Waals surface area contributed by atoms with Crippen molar-refractivity contribution in [1.29, 1.82) is 0 Å². The number of alkyl carbamates (subject to hydrolysis) is 1. The number of hydrogen-bond acceptors (Lipinski definition) is 3. The molecule has 0 aromatic heterocycles. The van der Waals surface area contributed by atoms with E-state index in [-0.39, 0.29) is 18.2 Å². The van der Waals surface area contributed by atoms with Crippen molar-refractivity contribution in [2.45, 2.75) is 58.3 Å². The van der Waals surface area contributed by atoms with Crippen LogP contribution in [0.25, 0.3) is 0 Å². The Kier molecular flexibility index (Phi) is 5.00. The zero-order valence-electron chi connectivity index (χ0n) is 11.2. The molecule has 0 saturated heterocycles. The van der Waals surface area contributed by atoms with Crippen LogP contribution >= 0.6 is 0 Å². The molecule has 1 rings (SSSR count). The second-order valence-electron chi connectivity index (χ2n) is 5.34. The molecule has 0 aliphatic heterocycles. The van der Waals surface area contributed by atoms with Crippen LogP contribution < -0.4 is 5.32 Å². The lowest BCUT2D eigenvalue weighted by molar-refractivity contribution is -0.00761. The van der Waals surface area contributed by atoms with Crippen molar-refractivity contribution in [1.82, 2.24) is 5.32 Å². The normalized spacial score (nSPS) is 24.5. The molecule has 1 N–H and O–H groups in total. The van der Waals surface area contributed by atoms with E-state index in [2.05, 4.69) is 5.32 Å². The summed E-state index contributed by atoms with van der Waals surface area (Å²) in [5, 5.41) is 2.83. The van der Waals surface area contributed by atoms with Gasteiger partial charge in [-0.1, -0.05) is 12.2 Å². The molecule has 0 unspecified atom stereocenters. The molecule has 1 amide bonds. The van der Waals surface area contributed by atoms with Gasteiger partial charge in [0.2, 0.25) is 0 Å². The van der Waals surface area contributed by atoms with Crippen LogP contribution in [-0.2, 0) is 9.47 Å². The quantitative estimate of drug-likeness (QED) is 0.770. The van der Waals surface area contributed by atoms with Gasteiger partial charge in [0.1, 0.15) is 5.60 Å². The third-order valence-corrected chi connectivity index (χ3v) is 2.48. The lowest BCUT2D eigenvalue weighted by atomic mass is 9.89. The highest BCUT2D eigenvalue weighted by Gasteiger charge is 2.31. The molecule has 1 aliphatic rings. The van der Waals surface area contributed by atoms with Gasteiger partial charge in [0, 0.05) is 6.04 Å². The Bertz CT molecular complexity index is 275. The molecule has 0 atom stereocenters. The standard InChI is InChI=1S/C13H23NO3/c1-5-6-7-16-11-8-10(9-11)14-12(15)17-13(2,3)4/h5-6,10-11H,7-9H2,1-4H3,(H,14,15)/t10-,11+. The van der Waals surface area contributed by atoms with Gasteiger partial charge in [0.25, 0.3) is 0 Å². The van der Waals surface area contributed by atoms with E-state index >= 15 is 0 Å². The highest BCUT2D eigenvalue weighted by Crippen LogP contribution is 2.23. The third kappa shape index (κ3) is 5.73. The van der Waals surface area contributed by atoms with Gasteiger partial charge in [-0.15, -0.1) is 0 Å². The molecule has 4 heteroatoms. The topological polar surface area (TPSA) is 47.6 Å². The van der Waals surface area contributed by atoms with Crippen LogP contribution in [-0.4, -0.2) is 30.4 Å². The van der Waals surface area contributed by atoms with Crippen molar-refractivity contribution in [2.75, 3.05) is 6.61 Å². The first kappa shape index (κ1) is 14.0. The van der Waals surface area contributed by atoms with E-state index in [4.69, 9.17) is 9.47 Å². The first-order valence-electron chi connectivity index (χ1n) is 6.13. The monoisotopic (exact) mass is 241 g/mol. The highest BCUT2D eigenvalue weighted by atomic mass is 16.6. The van der Waals surface area contributed by atoms with Gasteiger partial charge >= 0.3 is 6.09 Å². The summed E-state index contributed by atoms with van der Waals surface area (Å²) in [6, 6.07) is 0.195. The summed E-state index contributed by atoms with van der Waals surface area (Å²) in [5.74, 6) is 0. The third-order valence-electron chi connectivity index (χ3n) is 2.48. The van der Waals surface area contributed by atoms with Crippen LogP contribution in [0.4, 0.5) is 4.79 Å². The predicted octanol–water partition coefficient (Wildman–Crippen LogP) is 2.63. The molecule has 98 valence electrons. The lowest BCUT2D eigenvalue weighted by Crippen LogP contribution is -2.49. The molecule has 0 bridgehead atoms. The van der Waals surface area contributed by atoms with Crippen molar-refractivity contribution in [3.05, 3.63) is 12.2 Å². The Morgan fingerprint density at radius 2 is 2.06 bits per heavy atom. The van der Waals surface area contributed by atoms with E-state index in [1.54, 1.807) is 0 Å². The number of rotatable bonds is 4. The van der Waals surface area contributed by atoms with E-state index in [0.717, 1.165) is 12.8 Å². The van der Waals surface area contributed by atoms with Crippen LogP contribution in [0.5, 0.6) is 0 Å². The molecular weight excluding hydrogens is 218 g/mol. The van der Waals surface area contributed by atoms with Crippen molar-refractivity contribution in [2.24, 2.45) is 0 Å².